The molecule has 0 aliphatic carbocycles. The summed E-state index contributed by atoms with van der Waals surface area (Å²) in [4.78, 5) is 12.8. The number of hydrogen-bond donors (Lipinski definition) is 2. The molecule has 2 rings (SSSR count). The van der Waals surface area contributed by atoms with Crippen LogP contribution in [0.5, 0.6) is 5.75 Å². The molecular weight excluding hydrogens is 232 g/mol. The number of carboxylic acid groups (broad SMARTS) is 1. The Kier molecular flexibility index (Phi) is 3.92. The van der Waals surface area contributed by atoms with E-state index in [1.165, 1.54) is 0 Å². The van der Waals surface area contributed by atoms with Crippen molar-refractivity contribution in [1.82, 2.24) is 5.32 Å². The Hall–Kier alpha value is -1.91. The van der Waals surface area contributed by atoms with Crippen molar-refractivity contribution in [3.8, 4) is 5.75 Å². The second kappa shape index (κ2) is 5.62. The third kappa shape index (κ3) is 3.06. The minimum Gasteiger partial charge on any atom is -0.497 e. The fourth-order valence-corrected chi connectivity index (χ4v) is 2.25. The smallest absolute Gasteiger partial charge is 0.404 e. The zero-order valence-corrected chi connectivity index (χ0v) is 10.4. The Morgan fingerprint density at radius 2 is 1.94 bits per heavy atom. The van der Waals surface area contributed by atoms with E-state index in [1.807, 2.05) is 24.3 Å². The van der Waals surface area contributed by atoms with Crippen LogP contribution in [0.4, 0.5) is 10.5 Å². The summed E-state index contributed by atoms with van der Waals surface area (Å²) >= 11 is 0. The largest absolute Gasteiger partial charge is 0.497 e. The maximum Gasteiger partial charge on any atom is 0.404 e. The van der Waals surface area contributed by atoms with E-state index in [9.17, 15) is 4.79 Å². The molecule has 1 aromatic rings. The van der Waals surface area contributed by atoms with Gasteiger partial charge in [0.15, 0.2) is 0 Å². The number of nitrogens with one attached hydrogen (secondary N) is 1. The van der Waals surface area contributed by atoms with Crippen LogP contribution < -0.4 is 15.0 Å². The molecule has 1 aliphatic rings. The van der Waals surface area contributed by atoms with Crippen molar-refractivity contribution in [2.45, 2.75) is 18.9 Å². The molecular formula is C13H18N2O3. The van der Waals surface area contributed by atoms with E-state index in [4.69, 9.17) is 9.84 Å². The summed E-state index contributed by atoms with van der Waals surface area (Å²) in [7, 11) is 1.65. The fraction of sp³-hybridized carbons (Fsp3) is 0.462. The predicted octanol–water partition coefficient (Wildman–Crippen LogP) is 1.93. The molecule has 1 heterocycles. The third-order valence-electron chi connectivity index (χ3n) is 3.26. The number of benzene rings is 1. The molecule has 0 radical (unpaired) electrons. The van der Waals surface area contributed by atoms with Gasteiger partial charge in [-0.25, -0.2) is 4.79 Å². The molecule has 1 amide bonds. The van der Waals surface area contributed by atoms with Gasteiger partial charge >= 0.3 is 6.09 Å². The first-order valence-corrected chi connectivity index (χ1v) is 6.07. The van der Waals surface area contributed by atoms with E-state index < -0.39 is 6.09 Å². The average Bonchev–Trinajstić information content (AvgIpc) is 2.39. The molecule has 5 nitrogen and oxygen atoms in total. The van der Waals surface area contributed by atoms with Crippen LogP contribution in [0.3, 0.4) is 0 Å². The van der Waals surface area contributed by atoms with Gasteiger partial charge in [-0.3, -0.25) is 0 Å². The van der Waals surface area contributed by atoms with E-state index in [-0.39, 0.29) is 6.04 Å². The van der Waals surface area contributed by atoms with Crippen LogP contribution in [-0.2, 0) is 0 Å². The van der Waals surface area contributed by atoms with Gasteiger partial charge in [-0.05, 0) is 37.1 Å². The van der Waals surface area contributed by atoms with Gasteiger partial charge in [-0.1, -0.05) is 0 Å². The first-order valence-electron chi connectivity index (χ1n) is 6.07. The molecule has 0 spiro atoms. The predicted molar refractivity (Wildman–Crippen MR) is 69.4 cm³/mol. The Morgan fingerprint density at radius 1 is 1.33 bits per heavy atom. The lowest BCUT2D eigenvalue weighted by molar-refractivity contribution is 0.187. The van der Waals surface area contributed by atoms with Gasteiger partial charge in [0, 0.05) is 24.8 Å². The first-order chi connectivity index (χ1) is 8.69. The average molecular weight is 250 g/mol. The topological polar surface area (TPSA) is 61.8 Å². The summed E-state index contributed by atoms with van der Waals surface area (Å²) in [5.41, 5.74) is 1.16. The van der Waals surface area contributed by atoms with Crippen molar-refractivity contribution >= 4 is 11.8 Å². The summed E-state index contributed by atoms with van der Waals surface area (Å²) < 4.78 is 5.12. The first kappa shape index (κ1) is 12.5. The second-order valence-electron chi connectivity index (χ2n) is 4.41. The maximum atomic E-state index is 10.6. The van der Waals surface area contributed by atoms with E-state index in [2.05, 4.69) is 10.2 Å². The van der Waals surface area contributed by atoms with Crippen LogP contribution in [-0.4, -0.2) is 37.4 Å². The highest BCUT2D eigenvalue weighted by atomic mass is 16.5. The van der Waals surface area contributed by atoms with E-state index in [0.717, 1.165) is 37.4 Å². The Bertz CT molecular complexity index is 397. The zero-order valence-electron chi connectivity index (χ0n) is 10.4. The number of anilines is 1. The molecule has 1 saturated heterocycles. The quantitative estimate of drug-likeness (QED) is 0.860. The van der Waals surface area contributed by atoms with Gasteiger partial charge in [-0.2, -0.15) is 0 Å². The summed E-state index contributed by atoms with van der Waals surface area (Å²) in [6.07, 6.45) is 0.759. The molecule has 2 N–H and O–H groups in total. The molecule has 0 saturated carbocycles. The molecule has 0 unspecified atom stereocenters. The normalized spacial score (nSPS) is 16.4. The minimum absolute atomic E-state index is 0.0806. The van der Waals surface area contributed by atoms with Gasteiger partial charge in [0.05, 0.1) is 7.11 Å². The van der Waals surface area contributed by atoms with Crippen molar-refractivity contribution < 1.29 is 14.6 Å². The molecule has 0 atom stereocenters. The number of amides is 1. The molecule has 98 valence electrons. The van der Waals surface area contributed by atoms with Gasteiger partial charge in [-0.15, -0.1) is 0 Å². The minimum atomic E-state index is -0.933. The lowest BCUT2D eigenvalue weighted by Gasteiger charge is -2.33. The van der Waals surface area contributed by atoms with Crippen LogP contribution in [0.25, 0.3) is 0 Å². The highest BCUT2D eigenvalue weighted by Crippen LogP contribution is 2.22. The van der Waals surface area contributed by atoms with Crippen LogP contribution in [0.2, 0.25) is 0 Å². The van der Waals surface area contributed by atoms with Gasteiger partial charge in [0.25, 0.3) is 0 Å². The molecule has 1 fully saturated rings. The SMILES string of the molecule is COc1ccc(N2CCC(NC(=O)O)CC2)cc1. The highest BCUT2D eigenvalue weighted by Gasteiger charge is 2.20. The molecule has 1 aromatic carbocycles. The number of rotatable bonds is 3. The van der Waals surface area contributed by atoms with E-state index in [0.29, 0.717) is 0 Å². The van der Waals surface area contributed by atoms with Crippen molar-refractivity contribution in [2.24, 2.45) is 0 Å². The van der Waals surface area contributed by atoms with E-state index in [1.54, 1.807) is 7.11 Å². The number of methoxy groups -OCH3 is 1. The number of ether oxygens (including phenoxy) is 1. The Morgan fingerprint density at radius 3 is 2.44 bits per heavy atom. The number of carbonyl (C=O) groups is 1. The summed E-state index contributed by atoms with van der Waals surface area (Å²) in [6.45, 7) is 1.74. The lowest BCUT2D eigenvalue weighted by Crippen LogP contribution is -2.44. The Labute approximate surface area is 106 Å². The molecule has 18 heavy (non-hydrogen) atoms. The monoisotopic (exact) mass is 250 g/mol. The van der Waals surface area contributed by atoms with Crippen LogP contribution in [0.15, 0.2) is 24.3 Å². The van der Waals surface area contributed by atoms with Gasteiger partial charge < -0.3 is 20.1 Å². The fourth-order valence-electron chi connectivity index (χ4n) is 2.25. The lowest BCUT2D eigenvalue weighted by atomic mass is 10.0. The third-order valence-corrected chi connectivity index (χ3v) is 3.26. The summed E-state index contributed by atoms with van der Waals surface area (Å²) in [6, 6.07) is 8.03. The Balaban J connectivity index is 1.90. The van der Waals surface area contributed by atoms with Gasteiger partial charge in [0.1, 0.15) is 5.75 Å². The van der Waals surface area contributed by atoms with E-state index >= 15 is 0 Å². The van der Waals surface area contributed by atoms with Crippen molar-refractivity contribution in [1.29, 1.82) is 0 Å². The summed E-state index contributed by atoms with van der Waals surface area (Å²) in [5.74, 6) is 0.848. The number of hydrogen-bond acceptors (Lipinski definition) is 3. The second-order valence-corrected chi connectivity index (χ2v) is 4.41. The van der Waals surface area contributed by atoms with Gasteiger partial charge in [0.2, 0.25) is 0 Å². The van der Waals surface area contributed by atoms with Crippen LogP contribution >= 0.6 is 0 Å². The summed E-state index contributed by atoms with van der Waals surface area (Å²) in [5, 5.41) is 11.2. The van der Waals surface area contributed by atoms with Crippen molar-refractivity contribution in [2.75, 3.05) is 25.1 Å². The molecule has 0 aromatic heterocycles. The zero-order chi connectivity index (χ0) is 13.0. The highest BCUT2D eigenvalue weighted by molar-refractivity contribution is 5.65. The molecule has 0 bridgehead atoms. The maximum absolute atomic E-state index is 10.6. The van der Waals surface area contributed by atoms with Crippen LogP contribution in [0.1, 0.15) is 12.8 Å². The standard InChI is InChI=1S/C13H18N2O3/c1-18-12-4-2-11(3-5-12)15-8-6-10(7-9-15)14-13(16)17/h2-5,10,14H,6-9H2,1H3,(H,16,17). The van der Waals surface area contributed by atoms with Crippen molar-refractivity contribution in [3.05, 3.63) is 24.3 Å². The molecule has 1 aliphatic heterocycles. The van der Waals surface area contributed by atoms with Crippen molar-refractivity contribution in [3.63, 3.8) is 0 Å². The molecule has 5 heteroatoms. The van der Waals surface area contributed by atoms with Crippen LogP contribution in [0, 0.1) is 0 Å². The number of piperidine rings is 1. The number of nitrogens with zero attached hydrogens (tertiary/aromatic N) is 1.